The van der Waals surface area contributed by atoms with Gasteiger partial charge in [-0.05, 0) is 43.4 Å². The summed E-state index contributed by atoms with van der Waals surface area (Å²) < 4.78 is 1.98. The number of rotatable bonds is 2. The highest BCUT2D eigenvalue weighted by molar-refractivity contribution is 6.04. The van der Waals surface area contributed by atoms with Crippen LogP contribution in [0.1, 0.15) is 35.4 Å². The van der Waals surface area contributed by atoms with Crippen molar-refractivity contribution in [3.05, 3.63) is 64.3 Å². The van der Waals surface area contributed by atoms with Gasteiger partial charge in [-0.15, -0.1) is 0 Å². The zero-order chi connectivity index (χ0) is 20.2. The molecule has 0 bridgehead atoms. The number of aromatic amines is 1. The molecule has 3 heterocycles. The van der Waals surface area contributed by atoms with Gasteiger partial charge in [-0.25, -0.2) is 5.10 Å². The molecule has 2 aromatic heterocycles. The number of benzene rings is 1. The van der Waals surface area contributed by atoms with Crippen molar-refractivity contribution in [3.63, 3.8) is 0 Å². The van der Waals surface area contributed by atoms with E-state index < -0.39 is 5.60 Å². The monoisotopic (exact) mass is 392 g/mol. The number of aromatic nitrogens is 3. The third-order valence-corrected chi connectivity index (χ3v) is 6.76. The van der Waals surface area contributed by atoms with Crippen molar-refractivity contribution in [2.24, 2.45) is 18.9 Å². The Hall–Kier alpha value is -2.93. The van der Waals surface area contributed by atoms with Gasteiger partial charge in [-0.3, -0.25) is 9.59 Å². The molecule has 1 aliphatic carbocycles. The van der Waals surface area contributed by atoms with Crippen molar-refractivity contribution < 1.29 is 9.90 Å². The van der Waals surface area contributed by atoms with E-state index in [1.54, 1.807) is 29.2 Å². The number of nitrogens with one attached hydrogen (secondary N) is 1. The number of aliphatic hydroxyl groups is 1. The third-order valence-electron chi connectivity index (χ3n) is 6.76. The second-order valence-electron chi connectivity index (χ2n) is 8.34. The van der Waals surface area contributed by atoms with Crippen molar-refractivity contribution in [2.75, 3.05) is 13.1 Å². The first kappa shape index (κ1) is 18.1. The summed E-state index contributed by atoms with van der Waals surface area (Å²) in [7, 11) is 1.95. The Balaban J connectivity index is 1.49. The van der Waals surface area contributed by atoms with E-state index in [-0.39, 0.29) is 29.0 Å². The van der Waals surface area contributed by atoms with Crippen molar-refractivity contribution in [2.45, 2.75) is 24.9 Å². The van der Waals surface area contributed by atoms with Gasteiger partial charge in [0.05, 0.1) is 5.39 Å². The molecule has 29 heavy (non-hydrogen) atoms. The summed E-state index contributed by atoms with van der Waals surface area (Å²) in [6, 6.07) is 11.0. The maximum Gasteiger partial charge on any atom is 0.274 e. The molecule has 1 saturated heterocycles. The minimum absolute atomic E-state index is 0.0113. The third kappa shape index (κ3) is 2.72. The fraction of sp³-hybridized carbons (Fsp3) is 0.409. The number of H-pyrrole nitrogens is 1. The molecule has 1 saturated carbocycles. The van der Waals surface area contributed by atoms with Crippen LogP contribution in [0.3, 0.4) is 0 Å². The van der Waals surface area contributed by atoms with Gasteiger partial charge in [-0.1, -0.05) is 18.2 Å². The van der Waals surface area contributed by atoms with E-state index in [0.29, 0.717) is 30.3 Å². The molecule has 0 radical (unpaired) electrons. The van der Waals surface area contributed by atoms with Gasteiger partial charge in [0, 0.05) is 43.3 Å². The molecule has 2 aliphatic rings. The summed E-state index contributed by atoms with van der Waals surface area (Å²) in [5.41, 5.74) is -0.0582. The number of hydrogen-bond acceptors (Lipinski definition) is 4. The zero-order valence-corrected chi connectivity index (χ0v) is 16.3. The lowest BCUT2D eigenvalue weighted by Crippen LogP contribution is -2.44. The second kappa shape index (κ2) is 6.56. The summed E-state index contributed by atoms with van der Waals surface area (Å²) >= 11 is 0. The topological polar surface area (TPSA) is 91.2 Å². The molecule has 3 atom stereocenters. The Kier molecular flexibility index (Phi) is 4.10. The maximum absolute atomic E-state index is 13.3. The highest BCUT2D eigenvalue weighted by atomic mass is 16.3. The first-order valence-electron chi connectivity index (χ1n) is 10.1. The van der Waals surface area contributed by atoms with E-state index in [1.165, 1.54) is 0 Å². The fourth-order valence-electron chi connectivity index (χ4n) is 5.35. The summed E-state index contributed by atoms with van der Waals surface area (Å²) in [5.74, 6) is 0.0468. The molecule has 2 fully saturated rings. The number of carbonyl (C=O) groups is 1. The highest BCUT2D eigenvalue weighted by Gasteiger charge is 2.51. The standard InChI is InChI=1S/C22H24N4O3/c1-25-11-5-9-18(25)22(29)10-4-6-14-12-26(13-17(14)22)21(28)19-15-7-2-3-8-16(15)20(27)24-23-19/h2-3,5,7-9,11,14,17,29H,4,6,10,12-13H2,1H3,(H,24,27)/t14-,17-,22+/m1/s1. The maximum atomic E-state index is 13.3. The number of fused-ring (bicyclic) bond motifs is 2. The lowest BCUT2D eigenvalue weighted by molar-refractivity contribution is -0.0697. The predicted octanol–water partition coefficient (Wildman–Crippen LogP) is 2.02. The molecule has 3 aromatic rings. The summed E-state index contributed by atoms with van der Waals surface area (Å²) in [5, 5.41) is 19.2. The van der Waals surface area contributed by atoms with Gasteiger partial charge < -0.3 is 14.6 Å². The Labute approximate surface area is 168 Å². The van der Waals surface area contributed by atoms with Gasteiger partial charge in [0.2, 0.25) is 0 Å². The first-order chi connectivity index (χ1) is 14.0. The zero-order valence-electron chi connectivity index (χ0n) is 16.3. The lowest BCUT2D eigenvalue weighted by atomic mass is 9.69. The van der Waals surface area contributed by atoms with Crippen LogP contribution in [0.4, 0.5) is 0 Å². The minimum Gasteiger partial charge on any atom is -0.383 e. The van der Waals surface area contributed by atoms with Gasteiger partial charge in [-0.2, -0.15) is 5.10 Å². The molecule has 1 amide bonds. The van der Waals surface area contributed by atoms with Crippen LogP contribution in [0.15, 0.2) is 47.4 Å². The lowest BCUT2D eigenvalue weighted by Gasteiger charge is -2.41. The van der Waals surface area contributed by atoms with Gasteiger partial charge in [0.1, 0.15) is 5.60 Å². The summed E-state index contributed by atoms with van der Waals surface area (Å²) in [6.45, 7) is 1.09. The average molecular weight is 392 g/mol. The van der Waals surface area contributed by atoms with Crippen LogP contribution in [0.5, 0.6) is 0 Å². The minimum atomic E-state index is -0.934. The van der Waals surface area contributed by atoms with Crippen LogP contribution < -0.4 is 5.56 Å². The van der Waals surface area contributed by atoms with Crippen molar-refractivity contribution in [1.29, 1.82) is 0 Å². The van der Waals surface area contributed by atoms with Crippen LogP contribution >= 0.6 is 0 Å². The molecule has 1 aliphatic heterocycles. The SMILES string of the molecule is Cn1cccc1[C@]1(O)CCC[C@@H]2CN(C(=O)c3n[nH]c(=O)c4ccccc34)C[C@H]21. The molecule has 0 spiro atoms. The Morgan fingerprint density at radius 2 is 2.00 bits per heavy atom. The first-order valence-corrected chi connectivity index (χ1v) is 10.1. The Bertz CT molecular complexity index is 1150. The average Bonchev–Trinajstić information content (AvgIpc) is 3.36. The summed E-state index contributed by atoms with van der Waals surface area (Å²) in [4.78, 5) is 27.2. The molecule has 7 nitrogen and oxygen atoms in total. The Morgan fingerprint density at radius 3 is 2.76 bits per heavy atom. The fourth-order valence-corrected chi connectivity index (χ4v) is 5.35. The number of hydrogen-bond donors (Lipinski definition) is 2. The second-order valence-corrected chi connectivity index (χ2v) is 8.34. The summed E-state index contributed by atoms with van der Waals surface area (Å²) in [6.07, 6.45) is 4.59. The highest BCUT2D eigenvalue weighted by Crippen LogP contribution is 2.48. The van der Waals surface area contributed by atoms with Crippen molar-refractivity contribution in [3.8, 4) is 0 Å². The van der Waals surface area contributed by atoms with Crippen LogP contribution in [0.2, 0.25) is 0 Å². The molecular weight excluding hydrogens is 368 g/mol. The molecule has 5 rings (SSSR count). The van der Waals surface area contributed by atoms with Gasteiger partial charge in [0.15, 0.2) is 5.69 Å². The smallest absolute Gasteiger partial charge is 0.274 e. The molecule has 2 N–H and O–H groups in total. The van der Waals surface area contributed by atoms with E-state index in [4.69, 9.17) is 0 Å². The van der Waals surface area contributed by atoms with Crippen molar-refractivity contribution >= 4 is 16.7 Å². The molecule has 7 heteroatoms. The van der Waals surface area contributed by atoms with Crippen LogP contribution in [0, 0.1) is 11.8 Å². The predicted molar refractivity (Wildman–Crippen MR) is 108 cm³/mol. The Morgan fingerprint density at radius 1 is 1.21 bits per heavy atom. The molecule has 1 aromatic carbocycles. The molecule has 150 valence electrons. The largest absolute Gasteiger partial charge is 0.383 e. The number of nitrogens with zero attached hydrogens (tertiary/aromatic N) is 3. The van der Waals surface area contributed by atoms with Crippen LogP contribution in [-0.2, 0) is 12.6 Å². The van der Waals surface area contributed by atoms with E-state index in [2.05, 4.69) is 10.2 Å². The van der Waals surface area contributed by atoms with E-state index >= 15 is 0 Å². The van der Waals surface area contributed by atoms with E-state index in [0.717, 1.165) is 18.5 Å². The van der Waals surface area contributed by atoms with Crippen LogP contribution in [-0.4, -0.2) is 43.8 Å². The van der Waals surface area contributed by atoms with Crippen molar-refractivity contribution in [1.82, 2.24) is 19.7 Å². The van der Waals surface area contributed by atoms with Crippen LogP contribution in [0.25, 0.3) is 10.8 Å². The number of aryl methyl sites for hydroxylation is 1. The molecular formula is C22H24N4O3. The quantitative estimate of drug-likeness (QED) is 0.698. The number of amides is 1. The van der Waals surface area contributed by atoms with E-state index in [9.17, 15) is 14.7 Å². The number of likely N-dealkylation sites (tertiary alicyclic amines) is 1. The molecule has 0 unspecified atom stereocenters. The van der Waals surface area contributed by atoms with E-state index in [1.807, 2.05) is 29.9 Å². The van der Waals surface area contributed by atoms with Gasteiger partial charge in [0.25, 0.3) is 11.5 Å². The number of carbonyl (C=O) groups excluding carboxylic acids is 1. The van der Waals surface area contributed by atoms with Gasteiger partial charge >= 0.3 is 0 Å². The normalized spacial score (nSPS) is 26.6.